The van der Waals surface area contributed by atoms with Crippen molar-refractivity contribution in [3.05, 3.63) is 34.4 Å². The van der Waals surface area contributed by atoms with Gasteiger partial charge in [-0.05, 0) is 18.2 Å². The number of nitrogens with zero attached hydrogens (tertiary/aromatic N) is 2. The first-order chi connectivity index (χ1) is 8.63. The van der Waals surface area contributed by atoms with Crippen molar-refractivity contribution in [2.45, 2.75) is 0 Å². The molecule has 0 unspecified atom stereocenters. The number of fused-ring (bicyclic) bond motifs is 2. The van der Waals surface area contributed by atoms with Crippen LogP contribution in [0.1, 0.15) is 10.4 Å². The normalized spacial score (nSPS) is 12.8. The number of amides is 1. The van der Waals surface area contributed by atoms with Crippen molar-refractivity contribution in [2.75, 3.05) is 16.4 Å². The lowest BCUT2D eigenvalue weighted by Crippen LogP contribution is -2.12. The zero-order chi connectivity index (χ0) is 12.7. The Balaban J connectivity index is 2.18. The molecule has 0 atom stereocenters. The second-order valence-corrected chi connectivity index (χ2v) is 4.68. The molecule has 2 heterocycles. The van der Waals surface area contributed by atoms with E-state index in [4.69, 9.17) is 5.73 Å². The number of benzene rings is 1. The average Bonchev–Trinajstić information content (AvgIpc) is 2.44. The van der Waals surface area contributed by atoms with Crippen LogP contribution in [-0.2, 0) is 0 Å². The summed E-state index contributed by atoms with van der Waals surface area (Å²) in [6, 6.07) is 5.49. The highest BCUT2D eigenvalue weighted by molar-refractivity contribution is 9.10. The molecule has 18 heavy (non-hydrogen) atoms. The maximum atomic E-state index is 12.0. The van der Waals surface area contributed by atoms with Crippen LogP contribution < -0.4 is 16.4 Å². The summed E-state index contributed by atoms with van der Waals surface area (Å²) in [6.45, 7) is 0. The first-order valence-electron chi connectivity index (χ1n) is 5.14. The topological polar surface area (TPSA) is 92.9 Å². The summed E-state index contributed by atoms with van der Waals surface area (Å²) >= 11 is 3.38. The van der Waals surface area contributed by atoms with E-state index < -0.39 is 0 Å². The lowest BCUT2D eigenvalue weighted by atomic mass is 10.2. The minimum Gasteiger partial charge on any atom is -0.368 e. The Bertz CT molecular complexity index is 658. The number of anilines is 4. The molecule has 7 heteroatoms. The van der Waals surface area contributed by atoms with Crippen molar-refractivity contribution < 1.29 is 4.79 Å². The Hall–Kier alpha value is -2.15. The van der Waals surface area contributed by atoms with Crippen LogP contribution in [0.25, 0.3) is 0 Å². The number of nitrogens with one attached hydrogen (secondary N) is 2. The second-order valence-electron chi connectivity index (χ2n) is 3.76. The van der Waals surface area contributed by atoms with Gasteiger partial charge in [0.1, 0.15) is 11.4 Å². The van der Waals surface area contributed by atoms with Crippen LogP contribution in [0, 0.1) is 0 Å². The number of carbonyl (C=O) groups excluding carboxylic acids is 1. The molecule has 90 valence electrons. The largest absolute Gasteiger partial charge is 0.368 e. The zero-order valence-electron chi connectivity index (χ0n) is 9.07. The van der Waals surface area contributed by atoms with Crippen LogP contribution in [0.4, 0.5) is 23.1 Å². The predicted molar refractivity (Wildman–Crippen MR) is 71.8 cm³/mol. The number of nitrogen functional groups attached to an aromatic ring is 1. The lowest BCUT2D eigenvalue weighted by Gasteiger charge is -2.08. The van der Waals surface area contributed by atoms with Gasteiger partial charge in [0.05, 0.1) is 11.4 Å². The fourth-order valence-electron chi connectivity index (χ4n) is 1.70. The molecule has 1 amide bonds. The number of hydrogen-bond donors (Lipinski definition) is 3. The van der Waals surface area contributed by atoms with Crippen molar-refractivity contribution >= 4 is 45.0 Å². The molecule has 1 aliphatic rings. The van der Waals surface area contributed by atoms with Crippen molar-refractivity contribution in [3.63, 3.8) is 0 Å². The lowest BCUT2D eigenvalue weighted by molar-refractivity contribution is 0.102. The van der Waals surface area contributed by atoms with E-state index in [-0.39, 0.29) is 11.9 Å². The molecular formula is C11H8BrN5O. The second kappa shape index (κ2) is 3.95. The first kappa shape index (κ1) is 11.0. The standard InChI is InChI=1S/C11H8BrN5O/c12-5-1-2-7-8(3-5)15-9-6(10(18)16-7)4-14-11(13)17-9/h1-4H,(H,16,18)(H3,13,14,15,17). The first-order valence-corrected chi connectivity index (χ1v) is 5.93. The number of halogens is 1. The van der Waals surface area contributed by atoms with Gasteiger partial charge >= 0.3 is 0 Å². The van der Waals surface area contributed by atoms with Crippen LogP contribution in [-0.4, -0.2) is 15.9 Å². The fourth-order valence-corrected chi connectivity index (χ4v) is 2.06. The van der Waals surface area contributed by atoms with Crippen LogP contribution in [0.2, 0.25) is 0 Å². The summed E-state index contributed by atoms with van der Waals surface area (Å²) in [5, 5.41) is 5.85. The van der Waals surface area contributed by atoms with Crippen molar-refractivity contribution in [1.82, 2.24) is 9.97 Å². The summed E-state index contributed by atoms with van der Waals surface area (Å²) in [6.07, 6.45) is 1.40. The Labute approximate surface area is 111 Å². The maximum absolute atomic E-state index is 12.0. The summed E-state index contributed by atoms with van der Waals surface area (Å²) in [7, 11) is 0. The van der Waals surface area contributed by atoms with E-state index in [2.05, 4.69) is 36.5 Å². The van der Waals surface area contributed by atoms with Gasteiger partial charge in [0.25, 0.3) is 5.91 Å². The summed E-state index contributed by atoms with van der Waals surface area (Å²) < 4.78 is 0.897. The minimum absolute atomic E-state index is 0.118. The zero-order valence-corrected chi connectivity index (χ0v) is 10.7. The van der Waals surface area contributed by atoms with Gasteiger partial charge in [0, 0.05) is 10.7 Å². The van der Waals surface area contributed by atoms with Gasteiger partial charge in [0.2, 0.25) is 5.95 Å². The number of carbonyl (C=O) groups is 1. The van der Waals surface area contributed by atoms with Gasteiger partial charge in [-0.2, -0.15) is 4.98 Å². The van der Waals surface area contributed by atoms with E-state index in [0.717, 1.165) is 10.2 Å². The fraction of sp³-hybridized carbons (Fsp3) is 0. The van der Waals surface area contributed by atoms with Crippen molar-refractivity contribution in [2.24, 2.45) is 0 Å². The molecule has 0 bridgehead atoms. The molecule has 0 saturated heterocycles. The van der Waals surface area contributed by atoms with E-state index >= 15 is 0 Å². The van der Waals surface area contributed by atoms with E-state index in [1.165, 1.54) is 6.20 Å². The van der Waals surface area contributed by atoms with Crippen molar-refractivity contribution in [3.8, 4) is 0 Å². The van der Waals surface area contributed by atoms with Gasteiger partial charge in [-0.3, -0.25) is 4.79 Å². The van der Waals surface area contributed by atoms with Crippen LogP contribution in [0.3, 0.4) is 0 Å². The molecule has 1 aromatic heterocycles. The van der Waals surface area contributed by atoms with Crippen LogP contribution in [0.15, 0.2) is 28.9 Å². The Morgan fingerprint density at radius 3 is 2.89 bits per heavy atom. The number of rotatable bonds is 0. The highest BCUT2D eigenvalue weighted by Gasteiger charge is 2.20. The molecule has 0 radical (unpaired) electrons. The maximum Gasteiger partial charge on any atom is 0.261 e. The van der Waals surface area contributed by atoms with Gasteiger partial charge < -0.3 is 16.4 Å². The van der Waals surface area contributed by atoms with E-state index in [1.54, 1.807) is 6.07 Å². The molecule has 6 nitrogen and oxygen atoms in total. The van der Waals surface area contributed by atoms with E-state index in [9.17, 15) is 4.79 Å². The third-order valence-corrected chi connectivity index (χ3v) is 3.03. The highest BCUT2D eigenvalue weighted by Crippen LogP contribution is 2.32. The molecule has 0 saturated carbocycles. The highest BCUT2D eigenvalue weighted by atomic mass is 79.9. The molecule has 0 fully saturated rings. The monoisotopic (exact) mass is 305 g/mol. The summed E-state index contributed by atoms with van der Waals surface area (Å²) in [5.41, 5.74) is 7.31. The van der Waals surface area contributed by atoms with Gasteiger partial charge in [-0.1, -0.05) is 15.9 Å². The number of aromatic nitrogens is 2. The molecule has 1 aliphatic heterocycles. The van der Waals surface area contributed by atoms with Crippen molar-refractivity contribution in [1.29, 1.82) is 0 Å². The minimum atomic E-state index is -0.265. The van der Waals surface area contributed by atoms with E-state index in [0.29, 0.717) is 17.1 Å². The van der Waals surface area contributed by atoms with Gasteiger partial charge in [-0.25, -0.2) is 4.98 Å². The molecular weight excluding hydrogens is 298 g/mol. The smallest absolute Gasteiger partial charge is 0.261 e. The van der Waals surface area contributed by atoms with Crippen LogP contribution >= 0.6 is 15.9 Å². The molecule has 0 spiro atoms. The Kier molecular flexibility index (Phi) is 2.41. The third kappa shape index (κ3) is 1.78. The molecule has 2 aromatic rings. The predicted octanol–water partition coefficient (Wildman–Crippen LogP) is 2.13. The Morgan fingerprint density at radius 1 is 1.22 bits per heavy atom. The Morgan fingerprint density at radius 2 is 2.06 bits per heavy atom. The van der Waals surface area contributed by atoms with Crippen LogP contribution in [0.5, 0.6) is 0 Å². The van der Waals surface area contributed by atoms with Gasteiger partial charge in [0.15, 0.2) is 0 Å². The molecule has 1 aromatic carbocycles. The number of nitrogens with two attached hydrogens (primary N) is 1. The molecule has 3 rings (SSSR count). The summed E-state index contributed by atoms with van der Waals surface area (Å²) in [4.78, 5) is 19.8. The number of hydrogen-bond acceptors (Lipinski definition) is 5. The third-order valence-electron chi connectivity index (χ3n) is 2.53. The SMILES string of the molecule is Nc1ncc2c(n1)Nc1cc(Br)ccc1NC2=O. The van der Waals surface area contributed by atoms with Gasteiger partial charge in [-0.15, -0.1) is 0 Å². The quantitative estimate of drug-likeness (QED) is 0.693. The summed E-state index contributed by atoms with van der Waals surface area (Å²) in [5.74, 6) is 0.253. The average molecular weight is 306 g/mol. The molecule has 0 aliphatic carbocycles. The molecule has 4 N–H and O–H groups in total. The van der Waals surface area contributed by atoms with E-state index in [1.807, 2.05) is 12.1 Å².